The molecule has 0 spiro atoms. The molecule has 0 saturated carbocycles. The van der Waals surface area contributed by atoms with Crippen LogP contribution in [0.3, 0.4) is 0 Å². The minimum atomic E-state index is -0.333. The molecule has 0 amide bonds. The third kappa shape index (κ3) is 2.66. The van der Waals surface area contributed by atoms with E-state index in [0.717, 1.165) is 22.8 Å². The summed E-state index contributed by atoms with van der Waals surface area (Å²) in [4.78, 5) is 0. The maximum atomic E-state index is 6.35. The molecule has 1 heterocycles. The van der Waals surface area contributed by atoms with Crippen molar-refractivity contribution in [1.82, 2.24) is 5.32 Å². The van der Waals surface area contributed by atoms with Gasteiger partial charge in [0, 0.05) is 23.0 Å². The van der Waals surface area contributed by atoms with E-state index in [1.54, 1.807) is 0 Å². The minimum Gasteiger partial charge on any atom is -0.482 e. The molecule has 3 rings (SSSR count). The third-order valence-corrected chi connectivity index (χ3v) is 4.49. The molecule has 1 aliphatic heterocycles. The summed E-state index contributed by atoms with van der Waals surface area (Å²) in [5.74, 6) is 0.911. The van der Waals surface area contributed by atoms with E-state index in [1.165, 1.54) is 11.1 Å². The lowest BCUT2D eigenvalue weighted by molar-refractivity contribution is 0.0461. The first kappa shape index (κ1) is 14.4. The molecule has 2 nitrogen and oxygen atoms in total. The van der Waals surface area contributed by atoms with E-state index in [2.05, 4.69) is 43.4 Å². The van der Waals surface area contributed by atoms with E-state index < -0.39 is 0 Å². The SMILES string of the molecule is CNC1CC(C)(c2cccc(C)c2)Oc2ccc(Cl)cc21. The Morgan fingerprint density at radius 3 is 2.76 bits per heavy atom. The summed E-state index contributed by atoms with van der Waals surface area (Å²) in [6.07, 6.45) is 0.875. The van der Waals surface area contributed by atoms with Crippen LogP contribution in [-0.4, -0.2) is 7.05 Å². The lowest BCUT2D eigenvalue weighted by atomic mass is 9.83. The van der Waals surface area contributed by atoms with Crippen LogP contribution in [0.15, 0.2) is 42.5 Å². The Balaban J connectivity index is 2.05. The van der Waals surface area contributed by atoms with Gasteiger partial charge in [-0.15, -0.1) is 0 Å². The molecular weight excluding hydrogens is 282 g/mol. The molecule has 110 valence electrons. The van der Waals surface area contributed by atoms with Gasteiger partial charge in [0.2, 0.25) is 0 Å². The van der Waals surface area contributed by atoms with Crippen molar-refractivity contribution in [3.05, 3.63) is 64.2 Å². The molecule has 21 heavy (non-hydrogen) atoms. The van der Waals surface area contributed by atoms with Crippen molar-refractivity contribution < 1.29 is 4.74 Å². The van der Waals surface area contributed by atoms with Gasteiger partial charge in [0.1, 0.15) is 11.4 Å². The van der Waals surface area contributed by atoms with Crippen molar-refractivity contribution in [2.45, 2.75) is 31.9 Å². The van der Waals surface area contributed by atoms with Gasteiger partial charge in [0.25, 0.3) is 0 Å². The number of rotatable bonds is 2. The summed E-state index contributed by atoms with van der Waals surface area (Å²) >= 11 is 6.12. The van der Waals surface area contributed by atoms with Gasteiger partial charge >= 0.3 is 0 Å². The first-order chi connectivity index (χ1) is 10.0. The average molecular weight is 302 g/mol. The Labute approximate surface area is 131 Å². The molecule has 1 N–H and O–H groups in total. The van der Waals surface area contributed by atoms with Crippen LogP contribution in [0, 0.1) is 6.92 Å². The molecule has 0 bridgehead atoms. The number of fused-ring (bicyclic) bond motifs is 1. The largest absolute Gasteiger partial charge is 0.482 e. The summed E-state index contributed by atoms with van der Waals surface area (Å²) in [5, 5.41) is 4.14. The number of aryl methyl sites for hydroxylation is 1. The van der Waals surface area contributed by atoms with E-state index in [4.69, 9.17) is 16.3 Å². The summed E-state index contributed by atoms with van der Waals surface area (Å²) in [6, 6.07) is 14.6. The normalized spacial score (nSPS) is 24.3. The van der Waals surface area contributed by atoms with Gasteiger partial charge in [-0.3, -0.25) is 0 Å². The molecule has 3 heteroatoms. The highest BCUT2D eigenvalue weighted by Crippen LogP contribution is 2.45. The molecule has 0 radical (unpaired) electrons. The maximum Gasteiger partial charge on any atom is 0.133 e. The number of nitrogens with one attached hydrogen (secondary N) is 1. The van der Waals surface area contributed by atoms with Crippen LogP contribution in [-0.2, 0) is 5.60 Å². The second-order valence-electron chi connectivity index (χ2n) is 5.93. The zero-order chi connectivity index (χ0) is 15.0. The fraction of sp³-hybridized carbons (Fsp3) is 0.333. The van der Waals surface area contributed by atoms with E-state index in [9.17, 15) is 0 Å². The summed E-state index contributed by atoms with van der Waals surface area (Å²) in [5.41, 5.74) is 3.26. The van der Waals surface area contributed by atoms with Gasteiger partial charge in [-0.05, 0) is 44.7 Å². The van der Waals surface area contributed by atoms with Gasteiger partial charge in [0.15, 0.2) is 0 Å². The highest BCUT2D eigenvalue weighted by Gasteiger charge is 2.38. The summed E-state index contributed by atoms with van der Waals surface area (Å²) in [6.45, 7) is 4.27. The van der Waals surface area contributed by atoms with Crippen LogP contribution in [0.5, 0.6) is 5.75 Å². The Morgan fingerprint density at radius 1 is 1.24 bits per heavy atom. The molecule has 0 fully saturated rings. The predicted molar refractivity (Wildman–Crippen MR) is 87.0 cm³/mol. The molecule has 0 aromatic heterocycles. The van der Waals surface area contributed by atoms with Crippen LogP contribution in [0.4, 0.5) is 0 Å². The average Bonchev–Trinajstić information content (AvgIpc) is 2.47. The maximum absolute atomic E-state index is 6.35. The Hall–Kier alpha value is -1.51. The van der Waals surface area contributed by atoms with E-state index in [1.807, 2.05) is 25.2 Å². The fourth-order valence-corrected chi connectivity index (χ4v) is 3.26. The molecule has 1 aliphatic rings. The highest BCUT2D eigenvalue weighted by molar-refractivity contribution is 6.30. The topological polar surface area (TPSA) is 21.3 Å². The first-order valence-electron chi connectivity index (χ1n) is 7.25. The van der Waals surface area contributed by atoms with Crippen LogP contribution in [0.1, 0.15) is 36.1 Å². The number of halogens is 1. The van der Waals surface area contributed by atoms with Crippen LogP contribution >= 0.6 is 11.6 Å². The van der Waals surface area contributed by atoms with E-state index in [-0.39, 0.29) is 11.6 Å². The molecule has 0 aliphatic carbocycles. The monoisotopic (exact) mass is 301 g/mol. The van der Waals surface area contributed by atoms with E-state index >= 15 is 0 Å². The fourth-order valence-electron chi connectivity index (χ4n) is 3.08. The minimum absolute atomic E-state index is 0.234. The molecular formula is C18H20ClNO. The molecule has 2 atom stereocenters. The summed E-state index contributed by atoms with van der Waals surface area (Å²) in [7, 11) is 1.98. The van der Waals surface area contributed by atoms with E-state index in [0.29, 0.717) is 0 Å². The van der Waals surface area contributed by atoms with Gasteiger partial charge in [-0.1, -0.05) is 41.4 Å². The Morgan fingerprint density at radius 2 is 2.05 bits per heavy atom. The smallest absolute Gasteiger partial charge is 0.133 e. The quantitative estimate of drug-likeness (QED) is 0.875. The Kier molecular flexibility index (Phi) is 3.68. The highest BCUT2D eigenvalue weighted by atomic mass is 35.5. The number of benzene rings is 2. The Bertz CT molecular complexity index is 670. The van der Waals surface area contributed by atoms with Crippen molar-refractivity contribution >= 4 is 11.6 Å². The van der Waals surface area contributed by atoms with Gasteiger partial charge in [-0.2, -0.15) is 0 Å². The number of hydrogen-bond donors (Lipinski definition) is 1. The van der Waals surface area contributed by atoms with Crippen molar-refractivity contribution in [3.8, 4) is 5.75 Å². The zero-order valence-corrected chi connectivity index (χ0v) is 13.4. The van der Waals surface area contributed by atoms with Gasteiger partial charge in [-0.25, -0.2) is 0 Å². The standard InChI is InChI=1S/C18H20ClNO/c1-12-5-4-6-13(9-12)18(2)11-16(20-3)15-10-14(19)7-8-17(15)21-18/h4-10,16,20H,11H2,1-3H3. The molecule has 2 aromatic rings. The second-order valence-corrected chi connectivity index (χ2v) is 6.37. The van der Waals surface area contributed by atoms with Gasteiger partial charge in [0.05, 0.1) is 0 Å². The van der Waals surface area contributed by atoms with Crippen LogP contribution < -0.4 is 10.1 Å². The lowest BCUT2D eigenvalue weighted by Crippen LogP contribution is -2.39. The number of hydrogen-bond acceptors (Lipinski definition) is 2. The van der Waals surface area contributed by atoms with Crippen molar-refractivity contribution in [2.75, 3.05) is 7.05 Å². The molecule has 2 aromatic carbocycles. The van der Waals surface area contributed by atoms with Crippen LogP contribution in [0.25, 0.3) is 0 Å². The summed E-state index contributed by atoms with van der Waals surface area (Å²) < 4.78 is 6.35. The van der Waals surface area contributed by atoms with Crippen molar-refractivity contribution in [3.63, 3.8) is 0 Å². The van der Waals surface area contributed by atoms with Crippen molar-refractivity contribution in [2.24, 2.45) is 0 Å². The zero-order valence-electron chi connectivity index (χ0n) is 12.6. The second kappa shape index (κ2) is 5.36. The molecule has 2 unspecified atom stereocenters. The first-order valence-corrected chi connectivity index (χ1v) is 7.62. The van der Waals surface area contributed by atoms with Crippen LogP contribution in [0.2, 0.25) is 5.02 Å². The lowest BCUT2D eigenvalue weighted by Gasteiger charge is -2.40. The third-order valence-electron chi connectivity index (χ3n) is 4.25. The predicted octanol–water partition coefficient (Wildman–Crippen LogP) is 4.61. The number of ether oxygens (including phenoxy) is 1. The van der Waals surface area contributed by atoms with Crippen molar-refractivity contribution in [1.29, 1.82) is 0 Å². The van der Waals surface area contributed by atoms with Gasteiger partial charge < -0.3 is 10.1 Å². The molecule has 0 saturated heterocycles.